The van der Waals surface area contributed by atoms with Crippen molar-refractivity contribution >= 4 is 22.8 Å². The minimum Gasteiger partial charge on any atom is -0.369 e. The molecule has 27 heavy (non-hydrogen) atoms. The highest BCUT2D eigenvalue weighted by Gasteiger charge is 2.39. The minimum absolute atomic E-state index is 0.0119. The van der Waals surface area contributed by atoms with E-state index in [4.69, 9.17) is 5.73 Å². The van der Waals surface area contributed by atoms with Crippen LogP contribution in [0.5, 0.6) is 0 Å². The van der Waals surface area contributed by atoms with Crippen molar-refractivity contribution in [3.05, 3.63) is 29.5 Å². The number of rotatable bonds is 2. The van der Waals surface area contributed by atoms with Crippen molar-refractivity contribution in [1.29, 1.82) is 0 Å². The lowest BCUT2D eigenvalue weighted by Gasteiger charge is -2.31. The van der Waals surface area contributed by atoms with Crippen LogP contribution in [0.2, 0.25) is 0 Å². The second-order valence-corrected chi connectivity index (χ2v) is 6.25. The molecule has 1 amide bonds. The lowest BCUT2D eigenvalue weighted by molar-refractivity contribution is -0.144. The number of anilines is 1. The van der Waals surface area contributed by atoms with Gasteiger partial charge in [0.25, 0.3) is 0 Å². The van der Waals surface area contributed by atoms with E-state index in [1.165, 1.54) is 6.07 Å². The van der Waals surface area contributed by atoms with Gasteiger partial charge in [0.05, 0.1) is 5.56 Å². The lowest BCUT2D eigenvalue weighted by Crippen LogP contribution is -2.38. The van der Waals surface area contributed by atoms with E-state index in [1.807, 2.05) is 0 Å². The van der Waals surface area contributed by atoms with E-state index < -0.39 is 40.6 Å². The summed E-state index contributed by atoms with van der Waals surface area (Å²) in [5.74, 6) is -0.550. The molecule has 0 saturated carbocycles. The molecule has 1 saturated heterocycles. The first-order chi connectivity index (χ1) is 12.5. The smallest absolute Gasteiger partial charge is 0.369 e. The number of alkyl halides is 6. The van der Waals surface area contributed by atoms with Gasteiger partial charge < -0.3 is 10.6 Å². The molecule has 0 bridgehead atoms. The number of fused-ring (bicyclic) bond motifs is 1. The van der Waals surface area contributed by atoms with E-state index in [0.29, 0.717) is 25.9 Å². The number of amides is 1. The Morgan fingerprint density at radius 1 is 1.04 bits per heavy atom. The van der Waals surface area contributed by atoms with Crippen LogP contribution in [0.1, 0.15) is 24.1 Å². The van der Waals surface area contributed by atoms with Crippen LogP contribution < -0.4 is 10.6 Å². The van der Waals surface area contributed by atoms with Crippen LogP contribution in [0.15, 0.2) is 18.2 Å². The van der Waals surface area contributed by atoms with Gasteiger partial charge in [-0.3, -0.25) is 4.79 Å². The Morgan fingerprint density at radius 3 is 2.19 bits per heavy atom. The number of halogens is 6. The Balaban J connectivity index is 2.03. The van der Waals surface area contributed by atoms with Gasteiger partial charge in [0.1, 0.15) is 11.5 Å². The summed E-state index contributed by atoms with van der Waals surface area (Å²) >= 11 is 0. The van der Waals surface area contributed by atoms with Crippen molar-refractivity contribution in [2.45, 2.75) is 25.2 Å². The van der Waals surface area contributed by atoms with Gasteiger partial charge in [-0.05, 0) is 31.0 Å². The number of pyridine rings is 2. The zero-order chi connectivity index (χ0) is 20.0. The predicted octanol–water partition coefficient (Wildman–Crippen LogP) is 3.37. The van der Waals surface area contributed by atoms with E-state index >= 15 is 0 Å². The number of hydrogen-bond donors (Lipinski definition) is 1. The zero-order valence-electron chi connectivity index (χ0n) is 13.7. The van der Waals surface area contributed by atoms with Gasteiger partial charge in [-0.25, -0.2) is 9.97 Å². The van der Waals surface area contributed by atoms with Crippen LogP contribution in [0.25, 0.3) is 11.0 Å². The fourth-order valence-corrected chi connectivity index (χ4v) is 3.04. The summed E-state index contributed by atoms with van der Waals surface area (Å²) < 4.78 is 78.4. The second kappa shape index (κ2) is 6.54. The van der Waals surface area contributed by atoms with Crippen LogP contribution in [0, 0.1) is 5.92 Å². The van der Waals surface area contributed by atoms with Crippen molar-refractivity contribution < 1.29 is 31.1 Å². The molecule has 1 aliphatic heterocycles. The standard InChI is InChI=1S/C16H14F6N4O/c17-15(18,19)10-7-11(16(20,21)22)24-14-9(10)1-2-12(25-14)26-5-3-8(4-6-26)13(23)27/h1-2,7-8H,3-6H2,(H2,23,27). The molecule has 2 aromatic rings. The molecule has 0 aliphatic carbocycles. The van der Waals surface area contributed by atoms with E-state index in [9.17, 15) is 31.1 Å². The van der Waals surface area contributed by atoms with Crippen molar-refractivity contribution in [3.8, 4) is 0 Å². The van der Waals surface area contributed by atoms with Gasteiger partial charge in [-0.2, -0.15) is 26.3 Å². The first kappa shape index (κ1) is 19.2. The molecule has 0 unspecified atom stereocenters. The molecule has 0 spiro atoms. The maximum Gasteiger partial charge on any atom is 0.433 e. The molecular formula is C16H14F6N4O. The molecule has 146 valence electrons. The van der Waals surface area contributed by atoms with E-state index in [0.717, 1.165) is 6.07 Å². The van der Waals surface area contributed by atoms with Crippen LogP contribution >= 0.6 is 0 Å². The number of primary amides is 1. The van der Waals surface area contributed by atoms with Gasteiger partial charge in [-0.15, -0.1) is 0 Å². The summed E-state index contributed by atoms with van der Waals surface area (Å²) in [7, 11) is 0. The number of nitrogens with two attached hydrogens (primary N) is 1. The van der Waals surface area contributed by atoms with E-state index in [2.05, 4.69) is 9.97 Å². The third-order valence-electron chi connectivity index (χ3n) is 4.48. The fraction of sp³-hybridized carbons (Fsp3) is 0.438. The average molecular weight is 392 g/mol. The monoisotopic (exact) mass is 392 g/mol. The SMILES string of the molecule is NC(=O)C1CCN(c2ccc3c(C(F)(F)F)cc(C(F)(F)F)nc3n2)CC1. The summed E-state index contributed by atoms with van der Waals surface area (Å²) in [6.45, 7) is 0.717. The fourth-order valence-electron chi connectivity index (χ4n) is 3.04. The maximum absolute atomic E-state index is 13.2. The molecule has 2 N–H and O–H groups in total. The highest BCUT2D eigenvalue weighted by molar-refractivity contribution is 5.81. The molecule has 5 nitrogen and oxygen atoms in total. The first-order valence-corrected chi connectivity index (χ1v) is 7.97. The van der Waals surface area contributed by atoms with Crippen LogP contribution in [-0.4, -0.2) is 29.0 Å². The number of nitrogens with zero attached hydrogens (tertiary/aromatic N) is 3. The number of aromatic nitrogens is 2. The highest BCUT2D eigenvalue weighted by Crippen LogP contribution is 2.38. The third-order valence-corrected chi connectivity index (χ3v) is 4.48. The zero-order valence-corrected chi connectivity index (χ0v) is 13.7. The summed E-state index contributed by atoms with van der Waals surface area (Å²) in [4.78, 5) is 20.1. The number of carbonyl (C=O) groups excluding carboxylic acids is 1. The Kier molecular flexibility index (Phi) is 4.64. The second-order valence-electron chi connectivity index (χ2n) is 6.25. The first-order valence-electron chi connectivity index (χ1n) is 7.97. The number of hydrogen-bond acceptors (Lipinski definition) is 4. The minimum atomic E-state index is -5.04. The molecule has 3 rings (SSSR count). The predicted molar refractivity (Wildman–Crippen MR) is 83.7 cm³/mol. The normalized spacial score (nSPS) is 16.7. The summed E-state index contributed by atoms with van der Waals surface area (Å²) in [6.07, 6.45) is -9.16. The van der Waals surface area contributed by atoms with Crippen LogP contribution in [0.4, 0.5) is 32.2 Å². The largest absolute Gasteiger partial charge is 0.433 e. The highest BCUT2D eigenvalue weighted by atomic mass is 19.4. The van der Waals surface area contributed by atoms with Gasteiger partial charge in [0.15, 0.2) is 5.65 Å². The molecule has 0 aromatic carbocycles. The van der Waals surface area contributed by atoms with Crippen molar-refractivity contribution in [2.75, 3.05) is 18.0 Å². The molecular weight excluding hydrogens is 378 g/mol. The molecule has 1 aliphatic rings. The van der Waals surface area contributed by atoms with Crippen LogP contribution in [0.3, 0.4) is 0 Å². The van der Waals surface area contributed by atoms with Gasteiger partial charge in [0, 0.05) is 24.4 Å². The van der Waals surface area contributed by atoms with E-state index in [1.54, 1.807) is 4.90 Å². The molecule has 2 aromatic heterocycles. The van der Waals surface area contributed by atoms with Crippen molar-refractivity contribution in [1.82, 2.24) is 9.97 Å². The lowest BCUT2D eigenvalue weighted by atomic mass is 9.96. The van der Waals surface area contributed by atoms with Gasteiger partial charge >= 0.3 is 12.4 Å². The third kappa shape index (κ3) is 3.91. The summed E-state index contributed by atoms with van der Waals surface area (Å²) in [5, 5.41) is -0.508. The summed E-state index contributed by atoms with van der Waals surface area (Å²) in [5.41, 5.74) is 1.52. The Bertz CT molecular complexity index is 872. The molecule has 3 heterocycles. The number of piperidine rings is 1. The Hall–Kier alpha value is -2.59. The molecule has 1 fully saturated rings. The van der Waals surface area contributed by atoms with Gasteiger partial charge in [0.2, 0.25) is 5.91 Å². The van der Waals surface area contributed by atoms with E-state index in [-0.39, 0.29) is 17.8 Å². The number of carbonyl (C=O) groups is 1. The quantitative estimate of drug-likeness (QED) is 0.796. The maximum atomic E-state index is 13.2. The topological polar surface area (TPSA) is 72.1 Å². The molecule has 0 atom stereocenters. The molecule has 0 radical (unpaired) electrons. The Morgan fingerprint density at radius 2 is 1.67 bits per heavy atom. The van der Waals surface area contributed by atoms with Gasteiger partial charge in [-0.1, -0.05) is 0 Å². The average Bonchev–Trinajstić information content (AvgIpc) is 2.58. The summed E-state index contributed by atoms with van der Waals surface area (Å²) in [6, 6.07) is 2.35. The van der Waals surface area contributed by atoms with Crippen molar-refractivity contribution in [2.24, 2.45) is 11.7 Å². The van der Waals surface area contributed by atoms with Crippen LogP contribution in [-0.2, 0) is 17.1 Å². The van der Waals surface area contributed by atoms with Crippen molar-refractivity contribution in [3.63, 3.8) is 0 Å². The molecule has 11 heteroatoms. The Labute approximate surface area is 149 Å².